The summed E-state index contributed by atoms with van der Waals surface area (Å²) in [5.74, 6) is -0.665. The molecule has 0 bridgehead atoms. The van der Waals surface area contributed by atoms with Crippen LogP contribution in [0.3, 0.4) is 0 Å². The number of Topliss-reactive ketones (excluding diaryl/α,β-unsaturated/α-hetero) is 1. The summed E-state index contributed by atoms with van der Waals surface area (Å²) in [6.07, 6.45) is -2.39. The molecule has 0 aromatic heterocycles. The number of hydrogen-bond donors (Lipinski definition) is 3. The van der Waals surface area contributed by atoms with Gasteiger partial charge in [-0.05, 0) is 13.3 Å². The monoisotopic (exact) mass is 314 g/mol. The van der Waals surface area contributed by atoms with E-state index in [1.54, 1.807) is 0 Å². The quantitative estimate of drug-likeness (QED) is 0.517. The van der Waals surface area contributed by atoms with Crippen LogP contribution in [0.1, 0.15) is 33.1 Å². The van der Waals surface area contributed by atoms with Crippen LogP contribution in [0.4, 0.5) is 0 Å². The summed E-state index contributed by atoms with van der Waals surface area (Å²) in [7, 11) is 0. The molecule has 0 aromatic carbocycles. The lowest BCUT2D eigenvalue weighted by atomic mass is 9.95. The van der Waals surface area contributed by atoms with Crippen LogP contribution in [0.5, 0.6) is 0 Å². The number of nitrogens with zero attached hydrogens (tertiary/aromatic N) is 2. The minimum absolute atomic E-state index is 0.0183. The van der Waals surface area contributed by atoms with Crippen molar-refractivity contribution in [3.63, 3.8) is 0 Å². The first-order valence-electron chi connectivity index (χ1n) is 7.37. The van der Waals surface area contributed by atoms with E-state index in [4.69, 9.17) is 0 Å². The number of ketones is 1. The molecule has 0 saturated carbocycles. The Bertz CT molecular complexity index is 482. The van der Waals surface area contributed by atoms with Crippen LogP contribution in [-0.4, -0.2) is 79.8 Å². The fraction of sp³-hybridized carbons (Fsp3) is 0.786. The minimum Gasteiger partial charge on any atom is -0.394 e. The average Bonchev–Trinajstić information content (AvgIpc) is 3.17. The molecule has 124 valence electrons. The van der Waals surface area contributed by atoms with Crippen LogP contribution in [0.15, 0.2) is 0 Å². The van der Waals surface area contributed by atoms with Crippen molar-refractivity contribution in [1.82, 2.24) is 9.80 Å². The molecule has 3 unspecified atom stereocenters. The third kappa shape index (κ3) is 2.86. The maximum Gasteiger partial charge on any atom is 0.224 e. The number of rotatable bonds is 5. The second-order valence-corrected chi connectivity index (χ2v) is 5.92. The van der Waals surface area contributed by atoms with Gasteiger partial charge in [0.25, 0.3) is 0 Å². The molecule has 2 saturated heterocycles. The summed E-state index contributed by atoms with van der Waals surface area (Å²) in [6, 6.07) is -1.59. The van der Waals surface area contributed by atoms with E-state index in [0.717, 1.165) is 0 Å². The van der Waals surface area contributed by atoms with Gasteiger partial charge in [-0.25, -0.2) is 0 Å². The van der Waals surface area contributed by atoms with Crippen LogP contribution >= 0.6 is 0 Å². The van der Waals surface area contributed by atoms with Gasteiger partial charge in [-0.15, -0.1) is 0 Å². The third-order valence-electron chi connectivity index (χ3n) is 4.32. The van der Waals surface area contributed by atoms with Crippen molar-refractivity contribution in [3.05, 3.63) is 0 Å². The van der Waals surface area contributed by atoms with Crippen molar-refractivity contribution < 1.29 is 29.7 Å². The highest BCUT2D eigenvalue weighted by Gasteiger charge is 2.65. The zero-order valence-electron chi connectivity index (χ0n) is 12.7. The van der Waals surface area contributed by atoms with E-state index in [1.165, 1.54) is 23.6 Å². The predicted octanol–water partition coefficient (Wildman–Crippen LogP) is -1.77. The molecule has 2 heterocycles. The second kappa shape index (κ2) is 6.31. The summed E-state index contributed by atoms with van der Waals surface area (Å²) >= 11 is 0. The normalized spacial score (nSPS) is 33.4. The Hall–Kier alpha value is -1.51. The van der Waals surface area contributed by atoms with E-state index < -0.39 is 37.1 Å². The summed E-state index contributed by atoms with van der Waals surface area (Å²) in [5.41, 5.74) is 0. The number of likely N-dealkylation sites (tertiary alicyclic amines) is 1. The molecule has 8 heteroatoms. The Balaban J connectivity index is 2.13. The van der Waals surface area contributed by atoms with Crippen molar-refractivity contribution in [3.8, 4) is 0 Å². The third-order valence-corrected chi connectivity index (χ3v) is 4.32. The second-order valence-electron chi connectivity index (χ2n) is 5.92. The summed E-state index contributed by atoms with van der Waals surface area (Å²) in [5, 5.41) is 29.5. The van der Waals surface area contributed by atoms with Crippen LogP contribution in [0.25, 0.3) is 0 Å². The zero-order chi connectivity index (χ0) is 16.6. The number of carbonyl (C=O) groups is 3. The standard InChI is InChI=1S/C14H22N2O6/c1-7(18)4-3-5-10(20)16-9(6-17)12(21)13(22)11-14(16)15(11)8(2)19/h9,11-14,17,21-22H,3-6H2,1-2H3/t9?,11?,12-,13?,14-,15?/m0/s1. The topological polar surface area (TPSA) is 118 Å². The lowest BCUT2D eigenvalue weighted by Gasteiger charge is -2.38. The van der Waals surface area contributed by atoms with E-state index in [0.29, 0.717) is 6.42 Å². The van der Waals surface area contributed by atoms with Crippen molar-refractivity contribution >= 4 is 17.6 Å². The van der Waals surface area contributed by atoms with Gasteiger partial charge in [-0.3, -0.25) is 9.59 Å². The predicted molar refractivity (Wildman–Crippen MR) is 74.4 cm³/mol. The van der Waals surface area contributed by atoms with Gasteiger partial charge >= 0.3 is 0 Å². The van der Waals surface area contributed by atoms with Gasteiger partial charge in [0.15, 0.2) is 0 Å². The Morgan fingerprint density at radius 3 is 2.14 bits per heavy atom. The maximum absolute atomic E-state index is 12.4. The highest BCUT2D eigenvalue weighted by Crippen LogP contribution is 2.42. The van der Waals surface area contributed by atoms with Gasteiger partial charge in [0.1, 0.15) is 30.2 Å². The number of piperidine rings is 1. The van der Waals surface area contributed by atoms with Gasteiger partial charge in [0, 0.05) is 19.8 Å². The molecule has 2 rings (SSSR count). The number of aliphatic hydroxyl groups is 3. The van der Waals surface area contributed by atoms with Crippen molar-refractivity contribution in [2.75, 3.05) is 6.61 Å². The number of hydrogen-bond acceptors (Lipinski definition) is 6. The van der Waals surface area contributed by atoms with Crippen molar-refractivity contribution in [2.24, 2.45) is 0 Å². The molecular formula is C14H22N2O6. The molecule has 5 atom stereocenters. The number of amides is 2. The van der Waals surface area contributed by atoms with E-state index in [1.807, 2.05) is 0 Å². The number of fused-ring (bicyclic) bond motifs is 1. The zero-order valence-corrected chi connectivity index (χ0v) is 12.7. The van der Waals surface area contributed by atoms with Gasteiger partial charge < -0.3 is 29.9 Å². The smallest absolute Gasteiger partial charge is 0.224 e. The molecule has 8 nitrogen and oxygen atoms in total. The Morgan fingerprint density at radius 1 is 1.00 bits per heavy atom. The van der Waals surface area contributed by atoms with Gasteiger partial charge in [0.05, 0.1) is 12.6 Å². The Kier molecular flexibility index (Phi) is 4.84. The molecule has 2 fully saturated rings. The first-order chi connectivity index (χ1) is 10.3. The molecule has 0 radical (unpaired) electrons. The maximum atomic E-state index is 12.4. The first-order valence-corrected chi connectivity index (χ1v) is 7.37. The SMILES string of the molecule is CC(=O)CCCC(=O)N1C(CO)[C@H](O)C(O)C2[C@H]1N2C(C)=O. The first kappa shape index (κ1) is 16.9. The van der Waals surface area contributed by atoms with E-state index >= 15 is 0 Å². The summed E-state index contributed by atoms with van der Waals surface area (Å²) < 4.78 is 0. The van der Waals surface area contributed by atoms with Gasteiger partial charge in [-0.2, -0.15) is 0 Å². The Morgan fingerprint density at radius 2 is 1.64 bits per heavy atom. The summed E-state index contributed by atoms with van der Waals surface area (Å²) in [4.78, 5) is 37.5. The molecule has 0 aromatic rings. The molecule has 2 amide bonds. The van der Waals surface area contributed by atoms with Crippen LogP contribution in [-0.2, 0) is 14.4 Å². The lowest BCUT2D eigenvalue weighted by Crippen LogP contribution is -2.60. The molecule has 2 aliphatic heterocycles. The fourth-order valence-electron chi connectivity index (χ4n) is 3.21. The molecule has 2 aliphatic rings. The van der Waals surface area contributed by atoms with Crippen LogP contribution < -0.4 is 0 Å². The van der Waals surface area contributed by atoms with Crippen molar-refractivity contribution in [1.29, 1.82) is 0 Å². The molecule has 3 N–H and O–H groups in total. The number of carbonyl (C=O) groups excluding carboxylic acids is 3. The van der Waals surface area contributed by atoms with Gasteiger partial charge in [0.2, 0.25) is 11.8 Å². The largest absolute Gasteiger partial charge is 0.394 e. The van der Waals surface area contributed by atoms with E-state index in [2.05, 4.69) is 0 Å². The molecular weight excluding hydrogens is 292 g/mol. The van der Waals surface area contributed by atoms with Crippen molar-refractivity contribution in [2.45, 2.75) is 63.6 Å². The van der Waals surface area contributed by atoms with Gasteiger partial charge in [-0.1, -0.05) is 0 Å². The number of aliphatic hydroxyl groups excluding tert-OH is 3. The Labute approximate surface area is 128 Å². The highest BCUT2D eigenvalue weighted by molar-refractivity contribution is 5.83. The van der Waals surface area contributed by atoms with Crippen LogP contribution in [0, 0.1) is 0 Å². The molecule has 22 heavy (non-hydrogen) atoms. The highest BCUT2D eigenvalue weighted by atomic mass is 16.3. The van der Waals surface area contributed by atoms with Crippen LogP contribution in [0.2, 0.25) is 0 Å². The average molecular weight is 314 g/mol. The molecule has 0 aliphatic carbocycles. The summed E-state index contributed by atoms with van der Waals surface area (Å²) in [6.45, 7) is 2.26. The van der Waals surface area contributed by atoms with E-state index in [9.17, 15) is 29.7 Å². The van der Waals surface area contributed by atoms with E-state index in [-0.39, 0.29) is 30.4 Å². The fourth-order valence-corrected chi connectivity index (χ4v) is 3.21. The lowest BCUT2D eigenvalue weighted by molar-refractivity contribution is -0.147. The molecule has 0 spiro atoms. The minimum atomic E-state index is -1.31.